The fourth-order valence-electron chi connectivity index (χ4n) is 2.13. The number of aryl methyl sites for hydroxylation is 1. The van der Waals surface area contributed by atoms with E-state index in [1.54, 1.807) is 0 Å². The van der Waals surface area contributed by atoms with Crippen molar-refractivity contribution >= 4 is 0 Å². The van der Waals surface area contributed by atoms with E-state index in [0.29, 0.717) is 6.61 Å². The zero-order chi connectivity index (χ0) is 14.5. The smallest absolute Gasteiger partial charge is 0.122 e. The molecule has 1 aromatic carbocycles. The van der Waals surface area contributed by atoms with Crippen molar-refractivity contribution in [3.63, 3.8) is 0 Å². The summed E-state index contributed by atoms with van der Waals surface area (Å²) in [5.41, 5.74) is 2.81. The van der Waals surface area contributed by atoms with Crippen LogP contribution in [0, 0.1) is 12.8 Å². The molecule has 1 rings (SSSR count). The third-order valence-corrected chi connectivity index (χ3v) is 4.27. The number of hydrogen-bond donors (Lipinski definition) is 1. The second-order valence-corrected chi connectivity index (χ2v) is 5.85. The van der Waals surface area contributed by atoms with E-state index in [-0.39, 0.29) is 17.9 Å². The Bertz CT molecular complexity index is 394. The molecule has 1 atom stereocenters. The molecule has 0 radical (unpaired) electrons. The van der Waals surface area contributed by atoms with Gasteiger partial charge >= 0.3 is 0 Å². The van der Waals surface area contributed by atoms with E-state index in [1.165, 1.54) is 11.1 Å². The van der Waals surface area contributed by atoms with Crippen molar-refractivity contribution in [1.29, 1.82) is 0 Å². The summed E-state index contributed by atoms with van der Waals surface area (Å²) < 4.78 is 5.76. The highest BCUT2D eigenvalue weighted by Gasteiger charge is 2.22. The molecular weight excluding hydrogens is 236 g/mol. The first-order chi connectivity index (χ1) is 8.96. The van der Waals surface area contributed by atoms with E-state index in [1.807, 2.05) is 6.92 Å². The molecule has 0 bridgehead atoms. The van der Waals surface area contributed by atoms with Gasteiger partial charge < -0.3 is 9.84 Å². The SMILES string of the molecule is CCC(C)(CC)c1ccc(OCC(C)CO)c(C)c1. The minimum Gasteiger partial charge on any atom is -0.493 e. The predicted octanol–water partition coefficient (Wildman–Crippen LogP) is 4.08. The standard InChI is InChI=1S/C17H28O2/c1-6-17(5,7-2)15-8-9-16(14(4)10-15)19-12-13(3)11-18/h8-10,13,18H,6-7,11-12H2,1-5H3. The number of rotatable bonds is 7. The molecule has 0 aliphatic heterocycles. The summed E-state index contributed by atoms with van der Waals surface area (Å²) in [7, 11) is 0. The van der Waals surface area contributed by atoms with Crippen LogP contribution >= 0.6 is 0 Å². The molecule has 0 spiro atoms. The van der Waals surface area contributed by atoms with E-state index in [9.17, 15) is 0 Å². The van der Waals surface area contributed by atoms with Crippen LogP contribution in [0.3, 0.4) is 0 Å². The Labute approximate surface area is 117 Å². The molecule has 1 N–H and O–H groups in total. The predicted molar refractivity (Wildman–Crippen MR) is 80.9 cm³/mol. The molecule has 0 aliphatic rings. The van der Waals surface area contributed by atoms with Gasteiger partial charge in [-0.05, 0) is 42.4 Å². The largest absolute Gasteiger partial charge is 0.493 e. The molecule has 0 fully saturated rings. The lowest BCUT2D eigenvalue weighted by atomic mass is 9.77. The lowest BCUT2D eigenvalue weighted by molar-refractivity contribution is 0.174. The van der Waals surface area contributed by atoms with Crippen LogP contribution in [0.1, 0.15) is 51.7 Å². The second kappa shape index (κ2) is 6.95. The summed E-state index contributed by atoms with van der Waals surface area (Å²) in [5.74, 6) is 1.11. The maximum Gasteiger partial charge on any atom is 0.122 e. The summed E-state index contributed by atoms with van der Waals surface area (Å²) in [6.07, 6.45) is 2.29. The lowest BCUT2D eigenvalue weighted by Crippen LogP contribution is -2.19. The summed E-state index contributed by atoms with van der Waals surface area (Å²) >= 11 is 0. The molecule has 0 aromatic heterocycles. The fourth-order valence-corrected chi connectivity index (χ4v) is 2.13. The highest BCUT2D eigenvalue weighted by molar-refractivity contribution is 5.39. The Hall–Kier alpha value is -1.02. The molecule has 1 unspecified atom stereocenters. The van der Waals surface area contributed by atoms with Crippen LogP contribution in [0.2, 0.25) is 0 Å². The molecule has 2 heteroatoms. The highest BCUT2D eigenvalue weighted by Crippen LogP contribution is 2.33. The summed E-state index contributed by atoms with van der Waals surface area (Å²) in [4.78, 5) is 0. The van der Waals surface area contributed by atoms with Crippen LogP contribution in [-0.4, -0.2) is 18.3 Å². The Morgan fingerprint density at radius 3 is 2.37 bits per heavy atom. The minimum atomic E-state index is 0.168. The van der Waals surface area contributed by atoms with Crippen molar-refractivity contribution in [3.05, 3.63) is 29.3 Å². The van der Waals surface area contributed by atoms with Crippen molar-refractivity contribution in [2.45, 2.75) is 52.9 Å². The number of benzene rings is 1. The summed E-state index contributed by atoms with van der Waals surface area (Å²) in [5, 5.41) is 9.02. The van der Waals surface area contributed by atoms with E-state index in [4.69, 9.17) is 9.84 Å². The van der Waals surface area contributed by atoms with E-state index in [2.05, 4.69) is 45.9 Å². The molecule has 0 amide bonds. The van der Waals surface area contributed by atoms with Crippen LogP contribution in [0.5, 0.6) is 5.75 Å². The van der Waals surface area contributed by atoms with Gasteiger partial charge in [-0.3, -0.25) is 0 Å². The first-order valence-corrected chi connectivity index (χ1v) is 7.31. The maximum absolute atomic E-state index is 9.02. The number of hydrogen-bond acceptors (Lipinski definition) is 2. The van der Waals surface area contributed by atoms with Crippen LogP contribution in [-0.2, 0) is 5.41 Å². The average Bonchev–Trinajstić information content (AvgIpc) is 2.44. The molecule has 0 saturated carbocycles. The van der Waals surface area contributed by atoms with Crippen molar-refractivity contribution in [2.75, 3.05) is 13.2 Å². The molecular formula is C17H28O2. The second-order valence-electron chi connectivity index (χ2n) is 5.85. The normalized spacial score (nSPS) is 13.4. The molecule has 19 heavy (non-hydrogen) atoms. The lowest BCUT2D eigenvalue weighted by Gasteiger charge is -2.28. The third kappa shape index (κ3) is 3.97. The van der Waals surface area contributed by atoms with E-state index < -0.39 is 0 Å². The number of aliphatic hydroxyl groups excluding tert-OH is 1. The quantitative estimate of drug-likeness (QED) is 0.804. The van der Waals surface area contributed by atoms with Gasteiger partial charge in [0.05, 0.1) is 6.61 Å². The van der Waals surface area contributed by atoms with Crippen molar-refractivity contribution in [3.8, 4) is 5.75 Å². The minimum absolute atomic E-state index is 0.168. The highest BCUT2D eigenvalue weighted by atomic mass is 16.5. The van der Waals surface area contributed by atoms with Gasteiger partial charge in [-0.2, -0.15) is 0 Å². The van der Waals surface area contributed by atoms with Gasteiger partial charge in [-0.15, -0.1) is 0 Å². The van der Waals surface area contributed by atoms with Gasteiger partial charge in [0, 0.05) is 12.5 Å². The van der Waals surface area contributed by atoms with Crippen LogP contribution in [0.4, 0.5) is 0 Å². The monoisotopic (exact) mass is 264 g/mol. The van der Waals surface area contributed by atoms with Crippen molar-refractivity contribution in [1.82, 2.24) is 0 Å². The van der Waals surface area contributed by atoms with E-state index in [0.717, 1.165) is 18.6 Å². The summed E-state index contributed by atoms with van der Waals surface area (Å²) in [6, 6.07) is 6.49. The van der Waals surface area contributed by atoms with Crippen LogP contribution < -0.4 is 4.74 Å². The van der Waals surface area contributed by atoms with Gasteiger partial charge in [0.25, 0.3) is 0 Å². The summed E-state index contributed by atoms with van der Waals surface area (Å²) in [6.45, 7) is 11.6. The van der Waals surface area contributed by atoms with Gasteiger partial charge in [0.2, 0.25) is 0 Å². The Kier molecular flexibility index (Phi) is 5.86. The van der Waals surface area contributed by atoms with Gasteiger partial charge in [0.15, 0.2) is 0 Å². The van der Waals surface area contributed by atoms with E-state index >= 15 is 0 Å². The Morgan fingerprint density at radius 1 is 1.26 bits per heavy atom. The number of ether oxygens (including phenoxy) is 1. The third-order valence-electron chi connectivity index (χ3n) is 4.27. The van der Waals surface area contributed by atoms with Crippen molar-refractivity contribution < 1.29 is 9.84 Å². The molecule has 1 aromatic rings. The molecule has 0 saturated heterocycles. The fraction of sp³-hybridized carbons (Fsp3) is 0.647. The topological polar surface area (TPSA) is 29.5 Å². The van der Waals surface area contributed by atoms with Crippen LogP contribution in [0.15, 0.2) is 18.2 Å². The molecule has 0 heterocycles. The zero-order valence-corrected chi connectivity index (χ0v) is 13.0. The Morgan fingerprint density at radius 2 is 1.89 bits per heavy atom. The average molecular weight is 264 g/mol. The van der Waals surface area contributed by atoms with Crippen molar-refractivity contribution in [2.24, 2.45) is 5.92 Å². The number of aliphatic hydroxyl groups is 1. The van der Waals surface area contributed by atoms with Crippen LogP contribution in [0.25, 0.3) is 0 Å². The zero-order valence-electron chi connectivity index (χ0n) is 13.0. The molecule has 2 nitrogen and oxygen atoms in total. The molecule has 108 valence electrons. The Balaban J connectivity index is 2.85. The first-order valence-electron chi connectivity index (χ1n) is 7.31. The van der Waals surface area contributed by atoms with Gasteiger partial charge in [-0.1, -0.05) is 39.8 Å². The first kappa shape index (κ1) is 16.0. The van der Waals surface area contributed by atoms with Gasteiger partial charge in [0.1, 0.15) is 5.75 Å². The molecule has 0 aliphatic carbocycles. The van der Waals surface area contributed by atoms with Gasteiger partial charge in [-0.25, -0.2) is 0 Å². The maximum atomic E-state index is 9.02.